The first kappa shape index (κ1) is 27.0. The highest BCUT2D eigenvalue weighted by molar-refractivity contribution is 9.10. The Morgan fingerprint density at radius 1 is 0.923 bits per heavy atom. The number of carbonyl (C=O) groups is 1. The molecule has 1 aliphatic rings. The number of rotatable bonds is 10. The topological polar surface area (TPSA) is 69.0 Å². The van der Waals surface area contributed by atoms with Gasteiger partial charge in [0.25, 0.3) is 5.91 Å². The molecule has 1 aliphatic heterocycles. The summed E-state index contributed by atoms with van der Waals surface area (Å²) in [7, 11) is 0. The van der Waals surface area contributed by atoms with Crippen molar-refractivity contribution in [3.05, 3.63) is 103 Å². The van der Waals surface area contributed by atoms with Crippen LogP contribution in [0.5, 0.6) is 11.5 Å². The third kappa shape index (κ3) is 5.46. The van der Waals surface area contributed by atoms with E-state index in [-0.39, 0.29) is 17.1 Å². The molecule has 2 heterocycles. The number of amides is 1. The molecule has 202 valence electrons. The van der Waals surface area contributed by atoms with Gasteiger partial charge in [0.05, 0.1) is 30.2 Å². The molecule has 0 aliphatic carbocycles. The smallest absolute Gasteiger partial charge is 0.291 e. The van der Waals surface area contributed by atoms with Crippen LogP contribution in [0.25, 0.3) is 11.0 Å². The van der Waals surface area contributed by atoms with Crippen molar-refractivity contribution in [2.75, 3.05) is 13.2 Å². The van der Waals surface area contributed by atoms with Crippen molar-refractivity contribution < 1.29 is 18.7 Å². The van der Waals surface area contributed by atoms with Gasteiger partial charge in [0.2, 0.25) is 5.76 Å². The van der Waals surface area contributed by atoms with E-state index in [9.17, 15) is 9.59 Å². The molecular weight excluding hydrogens is 558 g/mol. The number of nitrogens with zero attached hydrogens (tertiary/aromatic N) is 1. The summed E-state index contributed by atoms with van der Waals surface area (Å²) in [6, 6.07) is 18.3. The number of carbonyl (C=O) groups excluding carboxylic acids is 1. The number of unbranched alkanes of at least 4 members (excludes halogenated alkanes) is 2. The fourth-order valence-corrected chi connectivity index (χ4v) is 5.37. The zero-order valence-electron chi connectivity index (χ0n) is 22.5. The first-order valence-corrected chi connectivity index (χ1v) is 14.2. The molecule has 0 saturated heterocycles. The molecule has 1 aromatic heterocycles. The van der Waals surface area contributed by atoms with Crippen molar-refractivity contribution in [3.8, 4) is 11.5 Å². The van der Waals surface area contributed by atoms with Crippen molar-refractivity contribution >= 4 is 32.8 Å². The number of hydrogen-bond donors (Lipinski definition) is 0. The second-order valence-corrected chi connectivity index (χ2v) is 10.7. The molecule has 7 heteroatoms. The summed E-state index contributed by atoms with van der Waals surface area (Å²) in [6.07, 6.45) is 3.17. The summed E-state index contributed by atoms with van der Waals surface area (Å²) in [5, 5.41) is 0.430. The maximum atomic E-state index is 13.9. The van der Waals surface area contributed by atoms with Crippen LogP contribution in [0.2, 0.25) is 0 Å². The van der Waals surface area contributed by atoms with Crippen LogP contribution >= 0.6 is 15.9 Å². The number of halogens is 1. The first-order chi connectivity index (χ1) is 18.9. The van der Waals surface area contributed by atoms with Crippen molar-refractivity contribution in [2.24, 2.45) is 0 Å². The third-order valence-corrected chi connectivity index (χ3v) is 7.48. The molecule has 1 unspecified atom stereocenters. The lowest BCUT2D eigenvalue weighted by Gasteiger charge is -2.26. The summed E-state index contributed by atoms with van der Waals surface area (Å²) >= 11 is 3.46. The lowest BCUT2D eigenvalue weighted by atomic mass is 9.97. The summed E-state index contributed by atoms with van der Waals surface area (Å²) in [5.41, 5.74) is 3.38. The largest absolute Gasteiger partial charge is 0.490 e. The monoisotopic (exact) mass is 589 g/mol. The molecule has 5 rings (SSSR count). The Morgan fingerprint density at radius 3 is 2.46 bits per heavy atom. The average molecular weight is 591 g/mol. The highest BCUT2D eigenvalue weighted by atomic mass is 79.9. The molecule has 6 nitrogen and oxygen atoms in total. The number of benzene rings is 3. The second-order valence-electron chi connectivity index (χ2n) is 9.83. The molecule has 0 bridgehead atoms. The van der Waals surface area contributed by atoms with E-state index in [0.29, 0.717) is 47.8 Å². The number of ether oxygens (including phenoxy) is 2. The quantitative estimate of drug-likeness (QED) is 0.178. The fraction of sp³-hybridized carbons (Fsp3) is 0.312. The van der Waals surface area contributed by atoms with Gasteiger partial charge in [-0.15, -0.1) is 0 Å². The van der Waals surface area contributed by atoms with Gasteiger partial charge < -0.3 is 18.8 Å². The average Bonchev–Trinajstić information content (AvgIpc) is 3.20. The van der Waals surface area contributed by atoms with Crippen LogP contribution in [0.3, 0.4) is 0 Å². The van der Waals surface area contributed by atoms with Gasteiger partial charge in [-0.05, 0) is 61.7 Å². The van der Waals surface area contributed by atoms with Gasteiger partial charge in [-0.1, -0.05) is 71.6 Å². The fourth-order valence-electron chi connectivity index (χ4n) is 5.01. The minimum Gasteiger partial charge on any atom is -0.490 e. The number of aryl methyl sites for hydroxylation is 1. The molecular formula is C32H32BrNO5. The Morgan fingerprint density at radius 2 is 1.72 bits per heavy atom. The summed E-state index contributed by atoms with van der Waals surface area (Å²) in [4.78, 5) is 29.4. The van der Waals surface area contributed by atoms with Crippen LogP contribution in [0.1, 0.15) is 72.0 Å². The van der Waals surface area contributed by atoms with Gasteiger partial charge in [-0.25, -0.2) is 0 Å². The Hall–Kier alpha value is -3.58. The molecule has 0 saturated carbocycles. The van der Waals surface area contributed by atoms with E-state index in [1.807, 2.05) is 56.3 Å². The maximum Gasteiger partial charge on any atom is 0.291 e. The van der Waals surface area contributed by atoms with Crippen LogP contribution in [0.15, 0.2) is 74.3 Å². The van der Waals surface area contributed by atoms with Crippen LogP contribution in [-0.2, 0) is 6.54 Å². The van der Waals surface area contributed by atoms with E-state index in [4.69, 9.17) is 13.9 Å². The van der Waals surface area contributed by atoms with E-state index in [2.05, 4.69) is 22.9 Å². The SMILES string of the molecule is CCCCCOc1ccc(C2c3c(oc4ccc(Br)cc4c3=O)C(=O)N2Cc2ccc(C)cc2)cc1OCC. The first-order valence-electron chi connectivity index (χ1n) is 13.4. The maximum absolute atomic E-state index is 13.9. The van der Waals surface area contributed by atoms with Gasteiger partial charge in [-0.3, -0.25) is 9.59 Å². The molecule has 39 heavy (non-hydrogen) atoms. The van der Waals surface area contributed by atoms with Gasteiger partial charge in [-0.2, -0.15) is 0 Å². The molecule has 4 aromatic rings. The molecule has 1 atom stereocenters. The van der Waals surface area contributed by atoms with Crippen molar-refractivity contribution in [1.82, 2.24) is 4.90 Å². The summed E-state index contributed by atoms with van der Waals surface area (Å²) in [5.74, 6) is 1.02. The van der Waals surface area contributed by atoms with Gasteiger partial charge >= 0.3 is 0 Å². The van der Waals surface area contributed by atoms with E-state index < -0.39 is 6.04 Å². The Labute approximate surface area is 236 Å². The summed E-state index contributed by atoms with van der Waals surface area (Å²) in [6.45, 7) is 7.49. The standard InChI is InChI=1S/C32H32BrNO5/c1-4-6-7-16-38-26-14-12-22(17-27(26)37-5-2)29-28-30(35)24-18-23(33)13-15-25(24)39-31(28)32(36)34(29)19-21-10-8-20(3)9-11-21/h8-15,17-18,29H,4-7,16,19H2,1-3H3. The van der Waals surface area contributed by atoms with Gasteiger partial charge in [0.1, 0.15) is 5.58 Å². The highest BCUT2D eigenvalue weighted by Gasteiger charge is 2.43. The van der Waals surface area contributed by atoms with Gasteiger partial charge in [0.15, 0.2) is 16.9 Å². The van der Waals surface area contributed by atoms with Crippen LogP contribution < -0.4 is 14.9 Å². The molecule has 0 spiro atoms. The molecule has 0 N–H and O–H groups in total. The van der Waals surface area contributed by atoms with Gasteiger partial charge in [0, 0.05) is 11.0 Å². The lowest BCUT2D eigenvalue weighted by Crippen LogP contribution is -2.29. The number of fused-ring (bicyclic) bond motifs is 2. The minimum atomic E-state index is -0.637. The van der Waals surface area contributed by atoms with Crippen molar-refractivity contribution in [1.29, 1.82) is 0 Å². The predicted octanol–water partition coefficient (Wildman–Crippen LogP) is 7.58. The third-order valence-electron chi connectivity index (χ3n) is 6.99. The zero-order valence-corrected chi connectivity index (χ0v) is 24.0. The lowest BCUT2D eigenvalue weighted by molar-refractivity contribution is 0.0714. The van der Waals surface area contributed by atoms with E-state index in [1.165, 1.54) is 0 Å². The molecule has 3 aromatic carbocycles. The van der Waals surface area contributed by atoms with E-state index in [1.54, 1.807) is 23.1 Å². The molecule has 1 amide bonds. The van der Waals surface area contributed by atoms with Crippen LogP contribution in [-0.4, -0.2) is 24.0 Å². The number of hydrogen-bond acceptors (Lipinski definition) is 5. The van der Waals surface area contributed by atoms with E-state index >= 15 is 0 Å². The summed E-state index contributed by atoms with van der Waals surface area (Å²) < 4.78 is 18.9. The van der Waals surface area contributed by atoms with Crippen molar-refractivity contribution in [2.45, 2.75) is 52.6 Å². The predicted molar refractivity (Wildman–Crippen MR) is 156 cm³/mol. The normalized spacial score (nSPS) is 14.6. The van der Waals surface area contributed by atoms with Crippen LogP contribution in [0.4, 0.5) is 0 Å². The zero-order chi connectivity index (χ0) is 27.5. The Bertz CT molecular complexity index is 1560. The van der Waals surface area contributed by atoms with Crippen molar-refractivity contribution in [3.63, 3.8) is 0 Å². The molecule has 0 radical (unpaired) electrons. The highest BCUT2D eigenvalue weighted by Crippen LogP contribution is 2.42. The minimum absolute atomic E-state index is 0.0878. The Kier molecular flexibility index (Phi) is 8.07. The van der Waals surface area contributed by atoms with Crippen LogP contribution in [0, 0.1) is 6.92 Å². The second kappa shape index (κ2) is 11.7. The van der Waals surface area contributed by atoms with E-state index in [0.717, 1.165) is 40.4 Å². The molecule has 0 fully saturated rings. The Balaban J connectivity index is 1.63.